The van der Waals surface area contributed by atoms with Gasteiger partial charge in [0.25, 0.3) is 5.91 Å². The molecule has 0 aliphatic carbocycles. The number of aromatic nitrogens is 1. The maximum Gasteiger partial charge on any atom is 0.334 e. The van der Waals surface area contributed by atoms with Crippen LogP contribution in [0.5, 0.6) is 0 Å². The lowest BCUT2D eigenvalue weighted by atomic mass is 10.2. The van der Waals surface area contributed by atoms with Crippen molar-refractivity contribution in [3.8, 4) is 9.88 Å². The van der Waals surface area contributed by atoms with Gasteiger partial charge >= 0.3 is 5.97 Å². The SMILES string of the molecule is Cc1nc(-c2ccc(Cl)s2)sc1C(=O)N1CCO[C@H](C(=O)O)C1. The molecule has 2 aromatic heterocycles. The van der Waals surface area contributed by atoms with Crippen LogP contribution in [-0.2, 0) is 9.53 Å². The quantitative estimate of drug-likeness (QED) is 0.896. The second-order valence-electron chi connectivity index (χ2n) is 4.99. The third-order valence-electron chi connectivity index (χ3n) is 3.40. The number of aliphatic carboxylic acids is 1. The fourth-order valence-electron chi connectivity index (χ4n) is 2.26. The van der Waals surface area contributed by atoms with Crippen LogP contribution in [-0.4, -0.2) is 52.7 Å². The minimum atomic E-state index is -1.06. The Morgan fingerprint density at radius 1 is 1.43 bits per heavy atom. The molecule has 0 saturated carbocycles. The number of hydrogen-bond acceptors (Lipinski definition) is 6. The van der Waals surface area contributed by atoms with Gasteiger partial charge in [0.15, 0.2) is 6.10 Å². The Kier molecular flexibility index (Phi) is 4.67. The number of aryl methyl sites for hydroxylation is 1. The molecule has 1 saturated heterocycles. The first-order valence-corrected chi connectivity index (χ1v) is 8.83. The van der Waals surface area contributed by atoms with Gasteiger partial charge in [-0.25, -0.2) is 9.78 Å². The number of morpholine rings is 1. The molecular formula is C14H13ClN2O4S2. The van der Waals surface area contributed by atoms with Gasteiger partial charge in [-0.3, -0.25) is 4.79 Å². The number of carbonyl (C=O) groups is 2. The maximum atomic E-state index is 12.7. The number of ether oxygens (including phenoxy) is 1. The second kappa shape index (κ2) is 6.56. The fraction of sp³-hybridized carbons (Fsp3) is 0.357. The van der Waals surface area contributed by atoms with E-state index in [9.17, 15) is 9.59 Å². The summed E-state index contributed by atoms with van der Waals surface area (Å²) in [6, 6.07) is 3.66. The van der Waals surface area contributed by atoms with E-state index in [1.165, 1.54) is 27.6 Å². The summed E-state index contributed by atoms with van der Waals surface area (Å²) in [7, 11) is 0. The summed E-state index contributed by atoms with van der Waals surface area (Å²) in [5.41, 5.74) is 0.637. The largest absolute Gasteiger partial charge is 0.479 e. The van der Waals surface area contributed by atoms with Crippen molar-refractivity contribution >= 4 is 46.2 Å². The van der Waals surface area contributed by atoms with Gasteiger partial charge in [0.2, 0.25) is 0 Å². The summed E-state index contributed by atoms with van der Waals surface area (Å²) in [5.74, 6) is -1.26. The van der Waals surface area contributed by atoms with Gasteiger partial charge in [0, 0.05) is 6.54 Å². The van der Waals surface area contributed by atoms with Crippen LogP contribution in [0.3, 0.4) is 0 Å². The van der Waals surface area contributed by atoms with Crippen LogP contribution in [0.15, 0.2) is 12.1 Å². The molecule has 1 fully saturated rings. The smallest absolute Gasteiger partial charge is 0.334 e. The molecule has 1 N–H and O–H groups in total. The third-order valence-corrected chi connectivity index (χ3v) is 5.95. The van der Waals surface area contributed by atoms with E-state index in [-0.39, 0.29) is 19.1 Å². The van der Waals surface area contributed by atoms with Crippen LogP contribution < -0.4 is 0 Å². The molecule has 0 bridgehead atoms. The molecule has 3 rings (SSSR count). The molecular weight excluding hydrogens is 360 g/mol. The molecule has 0 aromatic carbocycles. The summed E-state index contributed by atoms with van der Waals surface area (Å²) < 4.78 is 5.81. The highest BCUT2D eigenvalue weighted by molar-refractivity contribution is 7.24. The van der Waals surface area contributed by atoms with Crippen LogP contribution in [0.4, 0.5) is 0 Å². The molecule has 3 heterocycles. The molecule has 0 radical (unpaired) electrons. The Hall–Kier alpha value is -1.48. The Morgan fingerprint density at radius 3 is 2.87 bits per heavy atom. The minimum absolute atomic E-state index is 0.0473. The molecule has 1 amide bonds. The number of thiazole rings is 1. The topological polar surface area (TPSA) is 79.7 Å². The van der Waals surface area contributed by atoms with E-state index in [0.717, 1.165) is 9.88 Å². The predicted octanol–water partition coefficient (Wildman–Crippen LogP) is 2.76. The van der Waals surface area contributed by atoms with E-state index in [4.69, 9.17) is 21.4 Å². The monoisotopic (exact) mass is 372 g/mol. The number of halogens is 1. The average molecular weight is 373 g/mol. The molecule has 2 aromatic rings. The van der Waals surface area contributed by atoms with E-state index in [1.807, 2.05) is 6.07 Å². The van der Waals surface area contributed by atoms with Gasteiger partial charge in [-0.1, -0.05) is 11.6 Å². The number of amides is 1. The van der Waals surface area contributed by atoms with Crippen molar-refractivity contribution in [2.45, 2.75) is 13.0 Å². The highest BCUT2D eigenvalue weighted by Gasteiger charge is 2.31. The van der Waals surface area contributed by atoms with Crippen molar-refractivity contribution < 1.29 is 19.4 Å². The Morgan fingerprint density at radius 2 is 2.22 bits per heavy atom. The van der Waals surface area contributed by atoms with Gasteiger partial charge in [-0.2, -0.15) is 0 Å². The molecule has 1 atom stereocenters. The van der Waals surface area contributed by atoms with Crippen LogP contribution in [0.2, 0.25) is 4.34 Å². The number of carboxylic acids is 1. The van der Waals surface area contributed by atoms with E-state index < -0.39 is 12.1 Å². The first-order chi connectivity index (χ1) is 11.0. The second-order valence-corrected chi connectivity index (χ2v) is 7.70. The average Bonchev–Trinajstić information content (AvgIpc) is 3.12. The molecule has 0 unspecified atom stereocenters. The standard InChI is InChI=1S/C14H13ClN2O4S2/c1-7-11(23-12(16-7)9-2-3-10(15)22-9)13(18)17-4-5-21-8(6-17)14(19)20/h2-3,8H,4-6H2,1H3,(H,19,20)/t8-/m0/s1. The number of carbonyl (C=O) groups excluding carboxylic acids is 1. The van der Waals surface area contributed by atoms with Crippen molar-refractivity contribution in [1.82, 2.24) is 9.88 Å². The molecule has 1 aliphatic heterocycles. The molecule has 9 heteroatoms. The molecule has 1 aliphatic rings. The van der Waals surface area contributed by atoms with Crippen LogP contribution in [0, 0.1) is 6.92 Å². The number of carboxylic acid groups (broad SMARTS) is 1. The third kappa shape index (κ3) is 3.40. The summed E-state index contributed by atoms with van der Waals surface area (Å²) in [6.45, 7) is 2.41. The first-order valence-electron chi connectivity index (χ1n) is 6.82. The summed E-state index contributed by atoms with van der Waals surface area (Å²) in [4.78, 5) is 31.1. The number of thiophene rings is 1. The zero-order valence-corrected chi connectivity index (χ0v) is 14.5. The lowest BCUT2D eigenvalue weighted by Gasteiger charge is -2.30. The Bertz CT molecular complexity index is 758. The number of rotatable bonds is 3. The predicted molar refractivity (Wildman–Crippen MR) is 88.5 cm³/mol. The van der Waals surface area contributed by atoms with Crippen molar-refractivity contribution in [3.05, 3.63) is 27.0 Å². The fourth-order valence-corrected chi connectivity index (χ4v) is 4.39. The molecule has 23 heavy (non-hydrogen) atoms. The highest BCUT2D eigenvalue weighted by Crippen LogP contribution is 2.35. The van der Waals surface area contributed by atoms with Crippen molar-refractivity contribution in [2.75, 3.05) is 19.7 Å². The van der Waals surface area contributed by atoms with Crippen molar-refractivity contribution in [3.63, 3.8) is 0 Å². The van der Waals surface area contributed by atoms with Gasteiger partial charge in [-0.05, 0) is 19.1 Å². The van der Waals surface area contributed by atoms with E-state index in [1.54, 1.807) is 13.0 Å². The maximum absolute atomic E-state index is 12.7. The van der Waals surface area contributed by atoms with E-state index >= 15 is 0 Å². The van der Waals surface area contributed by atoms with Crippen molar-refractivity contribution in [1.29, 1.82) is 0 Å². The van der Waals surface area contributed by atoms with Gasteiger partial charge in [-0.15, -0.1) is 22.7 Å². The lowest BCUT2D eigenvalue weighted by Crippen LogP contribution is -2.48. The molecule has 122 valence electrons. The lowest BCUT2D eigenvalue weighted by molar-refractivity contribution is -0.154. The van der Waals surface area contributed by atoms with Crippen LogP contribution in [0.1, 0.15) is 15.4 Å². The highest BCUT2D eigenvalue weighted by atomic mass is 35.5. The molecule has 0 spiro atoms. The zero-order valence-electron chi connectivity index (χ0n) is 12.1. The van der Waals surface area contributed by atoms with E-state index in [2.05, 4.69) is 4.98 Å². The molecule has 6 nitrogen and oxygen atoms in total. The Labute approximate surface area is 145 Å². The number of hydrogen-bond donors (Lipinski definition) is 1. The first kappa shape index (κ1) is 16.4. The Balaban J connectivity index is 1.82. The van der Waals surface area contributed by atoms with E-state index in [0.29, 0.717) is 21.5 Å². The van der Waals surface area contributed by atoms with Gasteiger partial charge in [0.05, 0.1) is 28.1 Å². The summed E-state index contributed by atoms with van der Waals surface area (Å²) >= 11 is 8.64. The minimum Gasteiger partial charge on any atom is -0.479 e. The van der Waals surface area contributed by atoms with Crippen LogP contribution in [0.25, 0.3) is 9.88 Å². The van der Waals surface area contributed by atoms with Crippen molar-refractivity contribution in [2.24, 2.45) is 0 Å². The normalized spacial score (nSPS) is 18.2. The summed E-state index contributed by atoms with van der Waals surface area (Å²) in [5, 5.41) is 9.78. The van der Waals surface area contributed by atoms with Crippen LogP contribution >= 0.6 is 34.3 Å². The van der Waals surface area contributed by atoms with Gasteiger partial charge < -0.3 is 14.7 Å². The summed E-state index contributed by atoms with van der Waals surface area (Å²) in [6.07, 6.45) is -0.975. The number of nitrogens with zero attached hydrogens (tertiary/aromatic N) is 2. The van der Waals surface area contributed by atoms with Gasteiger partial charge in [0.1, 0.15) is 9.88 Å². The zero-order chi connectivity index (χ0) is 16.6.